The zero-order valence-electron chi connectivity index (χ0n) is 18.9. The quantitative estimate of drug-likeness (QED) is 0.481. The van der Waals surface area contributed by atoms with Gasteiger partial charge in [0.2, 0.25) is 10.0 Å². The fourth-order valence-corrected chi connectivity index (χ4v) is 5.05. The minimum atomic E-state index is -3.81. The van der Waals surface area contributed by atoms with Crippen LogP contribution in [-0.2, 0) is 16.6 Å². The van der Waals surface area contributed by atoms with Gasteiger partial charge in [-0.15, -0.1) is 4.83 Å². The summed E-state index contributed by atoms with van der Waals surface area (Å²) in [5, 5.41) is -0.673. The molecule has 0 unspecified atom stereocenters. The normalized spacial score (nSPS) is 14.4. The van der Waals surface area contributed by atoms with Crippen molar-refractivity contribution in [2.24, 2.45) is 0 Å². The Morgan fingerprint density at radius 2 is 1.74 bits per heavy atom. The molecule has 0 aliphatic carbocycles. The van der Waals surface area contributed by atoms with E-state index >= 15 is 0 Å². The van der Waals surface area contributed by atoms with E-state index in [1.165, 1.54) is 6.07 Å². The van der Waals surface area contributed by atoms with Crippen molar-refractivity contribution < 1.29 is 22.3 Å². The van der Waals surface area contributed by atoms with Gasteiger partial charge >= 0.3 is 0 Å². The van der Waals surface area contributed by atoms with Crippen molar-refractivity contribution in [3.8, 4) is 16.9 Å². The predicted molar refractivity (Wildman–Crippen MR) is 128 cm³/mol. The number of ether oxygens (including phenoxy) is 1. The average Bonchev–Trinajstić information content (AvgIpc) is 2.82. The van der Waals surface area contributed by atoms with Crippen LogP contribution in [-0.4, -0.2) is 44.7 Å². The lowest BCUT2D eigenvalue weighted by molar-refractivity contribution is 0.0939. The van der Waals surface area contributed by atoms with Crippen molar-refractivity contribution in [1.82, 2.24) is 15.2 Å². The maximum absolute atomic E-state index is 14.7. The van der Waals surface area contributed by atoms with Gasteiger partial charge in [-0.1, -0.05) is 42.5 Å². The topological polar surface area (TPSA) is 87.7 Å². The van der Waals surface area contributed by atoms with Crippen LogP contribution in [0.5, 0.6) is 5.75 Å². The number of likely N-dealkylation sites (tertiary alicyclic amines) is 1. The van der Waals surface area contributed by atoms with Crippen molar-refractivity contribution in [1.29, 1.82) is 0 Å². The monoisotopic (exact) mass is 483 g/mol. The van der Waals surface area contributed by atoms with E-state index in [2.05, 4.69) is 10.3 Å². The van der Waals surface area contributed by atoms with Gasteiger partial charge < -0.3 is 4.74 Å². The summed E-state index contributed by atoms with van der Waals surface area (Å²) in [4.78, 5) is 16.7. The number of carbonyl (C=O) groups is 1. The Bertz CT molecular complexity index is 1280. The summed E-state index contributed by atoms with van der Waals surface area (Å²) in [5.74, 6) is -0.782. The van der Waals surface area contributed by atoms with Crippen LogP contribution >= 0.6 is 0 Å². The Hall–Kier alpha value is -3.27. The Morgan fingerprint density at radius 1 is 1.06 bits per heavy atom. The molecule has 1 saturated heterocycles. The van der Waals surface area contributed by atoms with Crippen molar-refractivity contribution in [2.45, 2.75) is 18.7 Å². The smallest absolute Gasteiger partial charge is 0.269 e. The van der Waals surface area contributed by atoms with E-state index in [-0.39, 0.29) is 5.56 Å². The SMILES string of the molecule is COc1ccc(CN2CC(S(=O)(=O)NNC(=O)c3cc(-c4ccccc4)cc(C)c3F)C2)cc1. The van der Waals surface area contributed by atoms with Crippen LogP contribution < -0.4 is 15.0 Å². The van der Waals surface area contributed by atoms with Gasteiger partial charge in [0.25, 0.3) is 5.91 Å². The van der Waals surface area contributed by atoms with Crippen LogP contribution in [0.3, 0.4) is 0 Å². The molecule has 0 bridgehead atoms. The molecule has 0 aromatic heterocycles. The van der Waals surface area contributed by atoms with E-state index in [1.807, 2.05) is 59.5 Å². The number of nitrogens with zero attached hydrogens (tertiary/aromatic N) is 1. The van der Waals surface area contributed by atoms with E-state index in [0.29, 0.717) is 30.8 Å². The second-order valence-electron chi connectivity index (χ2n) is 8.29. The largest absolute Gasteiger partial charge is 0.497 e. The first-order chi connectivity index (χ1) is 16.3. The third-order valence-corrected chi connectivity index (χ3v) is 7.40. The number of hydrogen-bond donors (Lipinski definition) is 2. The molecule has 4 rings (SSSR count). The average molecular weight is 484 g/mol. The number of benzene rings is 3. The summed E-state index contributed by atoms with van der Waals surface area (Å²) in [7, 11) is -2.22. The molecule has 7 nitrogen and oxygen atoms in total. The molecule has 34 heavy (non-hydrogen) atoms. The van der Waals surface area contributed by atoms with Crippen LogP contribution in [0.15, 0.2) is 66.7 Å². The number of hydrazine groups is 1. The second-order valence-corrected chi connectivity index (χ2v) is 10.2. The number of rotatable bonds is 8. The molecule has 0 radical (unpaired) electrons. The number of methoxy groups -OCH3 is 1. The molecule has 3 aromatic rings. The molecule has 0 spiro atoms. The zero-order valence-corrected chi connectivity index (χ0v) is 19.7. The summed E-state index contributed by atoms with van der Waals surface area (Å²) in [6, 6.07) is 19.9. The summed E-state index contributed by atoms with van der Waals surface area (Å²) in [6.07, 6.45) is 0. The highest BCUT2D eigenvalue weighted by Crippen LogP contribution is 2.25. The van der Waals surface area contributed by atoms with Gasteiger partial charge in [0.15, 0.2) is 0 Å². The van der Waals surface area contributed by atoms with Crippen LogP contribution in [0.2, 0.25) is 0 Å². The fraction of sp³-hybridized carbons (Fsp3) is 0.240. The molecule has 1 aliphatic heterocycles. The highest BCUT2D eigenvalue weighted by molar-refractivity contribution is 7.90. The van der Waals surface area contributed by atoms with Gasteiger partial charge in [-0.25, -0.2) is 12.8 Å². The predicted octanol–water partition coefficient (Wildman–Crippen LogP) is 3.26. The van der Waals surface area contributed by atoms with E-state index in [1.54, 1.807) is 20.1 Å². The van der Waals surface area contributed by atoms with Gasteiger partial charge in [-0.3, -0.25) is 15.1 Å². The number of carbonyl (C=O) groups excluding carboxylic acids is 1. The van der Waals surface area contributed by atoms with Crippen LogP contribution in [0.1, 0.15) is 21.5 Å². The van der Waals surface area contributed by atoms with Gasteiger partial charge in [-0.05, 0) is 53.4 Å². The fourth-order valence-electron chi connectivity index (χ4n) is 3.84. The molecule has 0 saturated carbocycles. The maximum Gasteiger partial charge on any atom is 0.269 e. The summed E-state index contributed by atoms with van der Waals surface area (Å²) < 4.78 is 45.0. The highest BCUT2D eigenvalue weighted by Gasteiger charge is 2.37. The Labute approximate surface area is 198 Å². The van der Waals surface area contributed by atoms with Crippen LogP contribution in [0.25, 0.3) is 11.1 Å². The van der Waals surface area contributed by atoms with Gasteiger partial charge in [-0.2, -0.15) is 0 Å². The lowest BCUT2D eigenvalue weighted by Crippen LogP contribution is -2.59. The molecule has 178 valence electrons. The Kier molecular flexibility index (Phi) is 6.97. The highest BCUT2D eigenvalue weighted by atomic mass is 32.2. The van der Waals surface area contributed by atoms with Crippen LogP contribution in [0, 0.1) is 12.7 Å². The Balaban J connectivity index is 1.36. The number of aryl methyl sites for hydroxylation is 1. The van der Waals surface area contributed by atoms with Crippen molar-refractivity contribution in [3.05, 3.63) is 89.2 Å². The van der Waals surface area contributed by atoms with Crippen LogP contribution in [0.4, 0.5) is 4.39 Å². The van der Waals surface area contributed by atoms with Gasteiger partial charge in [0, 0.05) is 19.6 Å². The molecule has 1 aliphatic rings. The molecule has 1 heterocycles. The molecule has 1 fully saturated rings. The van der Waals surface area contributed by atoms with E-state index < -0.39 is 27.0 Å². The molecular weight excluding hydrogens is 457 g/mol. The van der Waals surface area contributed by atoms with Crippen molar-refractivity contribution >= 4 is 15.9 Å². The number of sulfonamides is 1. The van der Waals surface area contributed by atoms with Gasteiger partial charge in [0.1, 0.15) is 16.8 Å². The summed E-state index contributed by atoms with van der Waals surface area (Å²) >= 11 is 0. The van der Waals surface area contributed by atoms with E-state index in [0.717, 1.165) is 16.9 Å². The first kappa shape index (κ1) is 23.9. The maximum atomic E-state index is 14.7. The summed E-state index contributed by atoms with van der Waals surface area (Å²) in [6.45, 7) is 2.83. The third kappa shape index (κ3) is 5.27. The first-order valence-corrected chi connectivity index (χ1v) is 12.3. The number of halogens is 1. The number of amides is 1. The van der Waals surface area contributed by atoms with Crippen molar-refractivity contribution in [3.63, 3.8) is 0 Å². The Morgan fingerprint density at radius 3 is 2.38 bits per heavy atom. The van der Waals surface area contributed by atoms with Crippen molar-refractivity contribution in [2.75, 3.05) is 20.2 Å². The van der Waals surface area contributed by atoms with E-state index in [4.69, 9.17) is 4.74 Å². The molecule has 3 aromatic carbocycles. The zero-order chi connectivity index (χ0) is 24.3. The standard InChI is InChI=1S/C25H26FN3O4S/c1-17-12-20(19-6-4-3-5-7-19)13-23(24(17)26)25(30)27-28-34(31,32)22-15-29(16-22)14-18-8-10-21(33-2)11-9-18/h3-13,22,28H,14-16H2,1-2H3,(H,27,30). The molecular formula is C25H26FN3O4S. The third-order valence-electron chi connectivity index (χ3n) is 5.84. The molecule has 1 amide bonds. The van der Waals surface area contributed by atoms with E-state index in [9.17, 15) is 17.6 Å². The van der Waals surface area contributed by atoms with Gasteiger partial charge in [0.05, 0.1) is 12.7 Å². The summed E-state index contributed by atoms with van der Waals surface area (Å²) in [5.41, 5.74) is 4.77. The molecule has 9 heteroatoms. The first-order valence-electron chi connectivity index (χ1n) is 10.8. The molecule has 2 N–H and O–H groups in total. The second kappa shape index (κ2) is 9.92. The minimum Gasteiger partial charge on any atom is -0.497 e. The lowest BCUT2D eigenvalue weighted by atomic mass is 9.99. The number of hydrogen-bond acceptors (Lipinski definition) is 5. The molecule has 0 atom stereocenters. The lowest BCUT2D eigenvalue weighted by Gasteiger charge is -2.38. The minimum absolute atomic E-state index is 0.226. The number of nitrogens with one attached hydrogen (secondary N) is 2.